The van der Waals surface area contributed by atoms with Crippen LogP contribution in [0, 0.1) is 0 Å². The van der Waals surface area contributed by atoms with Crippen LogP contribution in [-0.2, 0) is 6.54 Å². The number of rotatable bonds is 5. The number of carbonyl (C=O) groups is 1. The van der Waals surface area contributed by atoms with Gasteiger partial charge in [0.15, 0.2) is 0 Å². The molecule has 0 saturated heterocycles. The number of nitrogens with one attached hydrogen (secondary N) is 2. The fourth-order valence-electron chi connectivity index (χ4n) is 1.69. The summed E-state index contributed by atoms with van der Waals surface area (Å²) in [4.78, 5) is 20.2. The summed E-state index contributed by atoms with van der Waals surface area (Å²) >= 11 is 5.84. The van der Waals surface area contributed by atoms with E-state index in [0.717, 1.165) is 5.56 Å². The minimum atomic E-state index is -0.207. The van der Waals surface area contributed by atoms with Crippen molar-refractivity contribution in [2.75, 3.05) is 5.32 Å². The maximum atomic E-state index is 11.9. The van der Waals surface area contributed by atoms with Gasteiger partial charge in [-0.15, -0.1) is 0 Å². The second kappa shape index (κ2) is 7.04. The molecule has 0 aliphatic rings. The summed E-state index contributed by atoms with van der Waals surface area (Å²) in [6.45, 7) is 4.37. The van der Waals surface area contributed by atoms with Crippen molar-refractivity contribution in [2.45, 2.75) is 26.4 Å². The fourth-order valence-corrected chi connectivity index (χ4v) is 1.82. The molecule has 2 rings (SSSR count). The first-order valence-corrected chi connectivity index (χ1v) is 7.04. The van der Waals surface area contributed by atoms with Crippen LogP contribution in [0.3, 0.4) is 0 Å². The third-order valence-corrected chi connectivity index (χ3v) is 2.92. The molecule has 1 aromatic heterocycles. The highest BCUT2D eigenvalue weighted by molar-refractivity contribution is 6.30. The molecule has 0 atom stereocenters. The number of halogens is 1. The number of amides is 1. The highest BCUT2D eigenvalue weighted by Crippen LogP contribution is 2.10. The van der Waals surface area contributed by atoms with Crippen LogP contribution in [-0.4, -0.2) is 21.9 Å². The lowest BCUT2D eigenvalue weighted by molar-refractivity contribution is 0.0938. The summed E-state index contributed by atoms with van der Waals surface area (Å²) in [7, 11) is 0. The Morgan fingerprint density at radius 2 is 1.95 bits per heavy atom. The predicted molar refractivity (Wildman–Crippen MR) is 83.4 cm³/mol. The second-order valence-electron chi connectivity index (χ2n) is 4.87. The van der Waals surface area contributed by atoms with Crippen LogP contribution in [0.5, 0.6) is 0 Å². The van der Waals surface area contributed by atoms with E-state index < -0.39 is 0 Å². The molecule has 6 heteroatoms. The minimum absolute atomic E-state index is 0.0675. The second-order valence-corrected chi connectivity index (χ2v) is 5.31. The zero-order chi connectivity index (χ0) is 15.2. The molecule has 1 heterocycles. The highest BCUT2D eigenvalue weighted by Gasteiger charge is 2.09. The maximum Gasteiger partial charge on any atom is 0.270 e. The molecule has 110 valence electrons. The number of nitrogens with zero attached hydrogens (tertiary/aromatic N) is 2. The Morgan fingerprint density at radius 1 is 1.24 bits per heavy atom. The third-order valence-electron chi connectivity index (χ3n) is 2.67. The molecular formula is C15H17ClN4O. The van der Waals surface area contributed by atoms with E-state index in [1.54, 1.807) is 12.3 Å². The standard InChI is InChI=1S/C15H17ClN4O/c1-10(2)19-14(21)13-7-8-17-15(20-13)18-9-11-3-5-12(16)6-4-11/h3-8,10H,9H2,1-2H3,(H,19,21)(H,17,18,20). The summed E-state index contributed by atoms with van der Waals surface area (Å²) in [6.07, 6.45) is 1.56. The van der Waals surface area contributed by atoms with Crippen LogP contribution in [0.15, 0.2) is 36.5 Å². The summed E-state index contributed by atoms with van der Waals surface area (Å²) in [5.41, 5.74) is 1.40. The van der Waals surface area contributed by atoms with Gasteiger partial charge in [-0.05, 0) is 37.6 Å². The lowest BCUT2D eigenvalue weighted by Crippen LogP contribution is -2.30. The molecule has 2 N–H and O–H groups in total. The van der Waals surface area contributed by atoms with E-state index in [4.69, 9.17) is 11.6 Å². The van der Waals surface area contributed by atoms with Gasteiger partial charge in [-0.3, -0.25) is 4.79 Å². The zero-order valence-corrected chi connectivity index (χ0v) is 12.7. The Balaban J connectivity index is 2.00. The number of hydrogen-bond donors (Lipinski definition) is 2. The van der Waals surface area contributed by atoms with Crippen molar-refractivity contribution in [3.8, 4) is 0 Å². The monoisotopic (exact) mass is 304 g/mol. The smallest absolute Gasteiger partial charge is 0.270 e. The highest BCUT2D eigenvalue weighted by atomic mass is 35.5. The van der Waals surface area contributed by atoms with E-state index in [1.165, 1.54) is 0 Å². The van der Waals surface area contributed by atoms with Crippen molar-refractivity contribution in [3.63, 3.8) is 0 Å². The molecule has 0 aliphatic carbocycles. The zero-order valence-electron chi connectivity index (χ0n) is 11.9. The number of anilines is 1. The average Bonchev–Trinajstić information content (AvgIpc) is 2.46. The van der Waals surface area contributed by atoms with Gasteiger partial charge >= 0.3 is 0 Å². The van der Waals surface area contributed by atoms with E-state index in [9.17, 15) is 4.79 Å². The lowest BCUT2D eigenvalue weighted by atomic mass is 10.2. The van der Waals surface area contributed by atoms with Crippen molar-refractivity contribution in [1.82, 2.24) is 15.3 Å². The van der Waals surface area contributed by atoms with Gasteiger partial charge in [-0.2, -0.15) is 0 Å². The van der Waals surface area contributed by atoms with E-state index in [-0.39, 0.29) is 11.9 Å². The molecule has 0 aliphatic heterocycles. The van der Waals surface area contributed by atoms with Crippen LogP contribution >= 0.6 is 11.6 Å². The van der Waals surface area contributed by atoms with E-state index in [1.807, 2.05) is 38.1 Å². The van der Waals surface area contributed by atoms with Gasteiger partial charge in [0.25, 0.3) is 5.91 Å². The molecule has 1 aromatic carbocycles. The molecule has 0 saturated carbocycles. The van der Waals surface area contributed by atoms with E-state index >= 15 is 0 Å². The Hall–Kier alpha value is -2.14. The average molecular weight is 305 g/mol. The van der Waals surface area contributed by atoms with Crippen molar-refractivity contribution in [2.24, 2.45) is 0 Å². The molecule has 0 unspecified atom stereocenters. The Morgan fingerprint density at radius 3 is 2.62 bits per heavy atom. The molecule has 2 aromatic rings. The first-order valence-electron chi connectivity index (χ1n) is 6.67. The first-order chi connectivity index (χ1) is 10.0. The van der Waals surface area contributed by atoms with Crippen LogP contribution in [0.25, 0.3) is 0 Å². The predicted octanol–water partition coefficient (Wildman–Crippen LogP) is 2.88. The van der Waals surface area contributed by atoms with Crippen molar-refractivity contribution in [3.05, 3.63) is 52.8 Å². The first kappa shape index (κ1) is 15.3. The summed E-state index contributed by atoms with van der Waals surface area (Å²) < 4.78 is 0. The molecule has 5 nitrogen and oxygen atoms in total. The Labute approximate surface area is 128 Å². The molecular weight excluding hydrogens is 288 g/mol. The van der Waals surface area contributed by atoms with Crippen LogP contribution in [0.1, 0.15) is 29.9 Å². The maximum absolute atomic E-state index is 11.9. The van der Waals surface area contributed by atoms with Gasteiger partial charge in [-0.1, -0.05) is 23.7 Å². The van der Waals surface area contributed by atoms with Gasteiger partial charge < -0.3 is 10.6 Å². The molecule has 0 radical (unpaired) electrons. The van der Waals surface area contributed by atoms with Crippen LogP contribution in [0.2, 0.25) is 5.02 Å². The van der Waals surface area contributed by atoms with Crippen molar-refractivity contribution >= 4 is 23.5 Å². The van der Waals surface area contributed by atoms with E-state index in [0.29, 0.717) is 23.2 Å². The van der Waals surface area contributed by atoms with Gasteiger partial charge in [0.1, 0.15) is 5.69 Å². The van der Waals surface area contributed by atoms with Gasteiger partial charge in [0.2, 0.25) is 5.95 Å². The summed E-state index contributed by atoms with van der Waals surface area (Å²) in [6, 6.07) is 9.15. The fraction of sp³-hybridized carbons (Fsp3) is 0.267. The van der Waals surface area contributed by atoms with Crippen LogP contribution < -0.4 is 10.6 Å². The Bertz CT molecular complexity index is 613. The lowest BCUT2D eigenvalue weighted by Gasteiger charge is -2.09. The van der Waals surface area contributed by atoms with Crippen LogP contribution in [0.4, 0.5) is 5.95 Å². The quantitative estimate of drug-likeness (QED) is 0.891. The topological polar surface area (TPSA) is 66.9 Å². The number of carbonyl (C=O) groups excluding carboxylic acids is 1. The van der Waals surface area contributed by atoms with Gasteiger partial charge in [0.05, 0.1) is 0 Å². The van der Waals surface area contributed by atoms with E-state index in [2.05, 4.69) is 20.6 Å². The molecule has 0 bridgehead atoms. The largest absolute Gasteiger partial charge is 0.350 e. The number of benzene rings is 1. The normalized spacial score (nSPS) is 10.5. The Kier molecular flexibility index (Phi) is 5.11. The molecule has 0 spiro atoms. The van der Waals surface area contributed by atoms with Gasteiger partial charge in [-0.25, -0.2) is 9.97 Å². The summed E-state index contributed by atoms with van der Waals surface area (Å²) in [5.74, 6) is 0.211. The number of hydrogen-bond acceptors (Lipinski definition) is 4. The van der Waals surface area contributed by atoms with Gasteiger partial charge in [0, 0.05) is 23.8 Å². The van der Waals surface area contributed by atoms with Crippen molar-refractivity contribution < 1.29 is 4.79 Å². The molecule has 1 amide bonds. The molecule has 21 heavy (non-hydrogen) atoms. The number of aromatic nitrogens is 2. The van der Waals surface area contributed by atoms with Crippen molar-refractivity contribution in [1.29, 1.82) is 0 Å². The minimum Gasteiger partial charge on any atom is -0.350 e. The molecule has 0 fully saturated rings. The summed E-state index contributed by atoms with van der Waals surface area (Å²) in [5, 5.41) is 6.57. The third kappa shape index (κ3) is 4.72. The SMILES string of the molecule is CC(C)NC(=O)c1ccnc(NCc2ccc(Cl)cc2)n1.